The lowest BCUT2D eigenvalue weighted by molar-refractivity contribution is 0.686. The summed E-state index contributed by atoms with van der Waals surface area (Å²) in [6.07, 6.45) is 5.52. The summed E-state index contributed by atoms with van der Waals surface area (Å²) >= 11 is 0. The van der Waals surface area contributed by atoms with Gasteiger partial charge in [0, 0.05) is 6.54 Å². The molecule has 0 atom stereocenters. The predicted molar refractivity (Wildman–Crippen MR) is 57.2 cm³/mol. The van der Waals surface area contributed by atoms with E-state index in [0.29, 0.717) is 0 Å². The highest BCUT2D eigenvalue weighted by Crippen LogP contribution is 2.33. The Bertz CT molecular complexity index is 277. The van der Waals surface area contributed by atoms with Crippen molar-refractivity contribution in [2.24, 2.45) is 5.92 Å². The fraction of sp³-hybridized carbons (Fsp3) is 0.636. The maximum atomic E-state index is 4.05. The second kappa shape index (κ2) is 4.40. The quantitative estimate of drug-likeness (QED) is 0.726. The third-order valence-corrected chi connectivity index (χ3v) is 2.59. The van der Waals surface area contributed by atoms with Gasteiger partial charge in [0.25, 0.3) is 0 Å². The van der Waals surface area contributed by atoms with Crippen LogP contribution in [-0.2, 0) is 0 Å². The Morgan fingerprint density at radius 3 is 2.86 bits per heavy atom. The van der Waals surface area contributed by atoms with E-state index in [4.69, 9.17) is 0 Å². The Balaban J connectivity index is 1.66. The van der Waals surface area contributed by atoms with Crippen LogP contribution in [-0.4, -0.2) is 16.7 Å². The number of hydrogen-bond donors (Lipinski definition) is 1. The Hall–Kier alpha value is -1.12. The summed E-state index contributed by atoms with van der Waals surface area (Å²) in [6.45, 7) is 2.97. The second-order valence-electron chi connectivity index (χ2n) is 4.07. The van der Waals surface area contributed by atoms with Crippen LogP contribution >= 0.6 is 0 Å². The van der Waals surface area contributed by atoms with Crippen molar-refractivity contribution in [3.63, 3.8) is 0 Å². The molecule has 0 radical (unpaired) electrons. The number of aryl methyl sites for hydroxylation is 1. The number of aromatic nitrogens is 2. The average molecular weight is 191 g/mol. The molecule has 1 aromatic rings. The molecule has 1 aromatic heterocycles. The van der Waals surface area contributed by atoms with Crippen LogP contribution in [0.5, 0.6) is 0 Å². The van der Waals surface area contributed by atoms with Gasteiger partial charge in [0.2, 0.25) is 0 Å². The van der Waals surface area contributed by atoms with Gasteiger partial charge in [-0.25, -0.2) is 0 Å². The molecule has 0 spiro atoms. The van der Waals surface area contributed by atoms with E-state index in [1.807, 2.05) is 19.1 Å². The monoisotopic (exact) mass is 191 g/mol. The molecule has 2 rings (SSSR count). The summed E-state index contributed by atoms with van der Waals surface area (Å²) in [7, 11) is 0. The Kier molecular flexibility index (Phi) is 2.96. The third kappa shape index (κ3) is 2.98. The van der Waals surface area contributed by atoms with Crippen LogP contribution in [0.3, 0.4) is 0 Å². The summed E-state index contributed by atoms with van der Waals surface area (Å²) in [5, 5.41) is 11.3. The van der Waals surface area contributed by atoms with Crippen molar-refractivity contribution < 1.29 is 0 Å². The van der Waals surface area contributed by atoms with Gasteiger partial charge in [0.1, 0.15) is 5.82 Å². The zero-order valence-electron chi connectivity index (χ0n) is 8.66. The van der Waals surface area contributed by atoms with Gasteiger partial charge in [-0.2, -0.15) is 5.10 Å². The van der Waals surface area contributed by atoms with Crippen molar-refractivity contribution in [3.05, 3.63) is 17.8 Å². The molecule has 1 fully saturated rings. The van der Waals surface area contributed by atoms with Gasteiger partial charge in [0.15, 0.2) is 0 Å². The molecule has 0 aliphatic heterocycles. The van der Waals surface area contributed by atoms with Crippen LogP contribution in [0.2, 0.25) is 0 Å². The number of nitrogens with one attached hydrogen (secondary N) is 1. The average Bonchev–Trinajstić information content (AvgIpc) is 2.99. The molecule has 3 heteroatoms. The Labute approximate surface area is 84.9 Å². The van der Waals surface area contributed by atoms with Gasteiger partial charge < -0.3 is 5.32 Å². The van der Waals surface area contributed by atoms with E-state index < -0.39 is 0 Å². The van der Waals surface area contributed by atoms with Crippen LogP contribution in [0.1, 0.15) is 31.4 Å². The van der Waals surface area contributed by atoms with Gasteiger partial charge >= 0.3 is 0 Å². The normalized spacial score (nSPS) is 15.5. The lowest BCUT2D eigenvalue weighted by atomic mass is 10.2. The highest BCUT2D eigenvalue weighted by atomic mass is 15.2. The molecule has 0 bridgehead atoms. The van der Waals surface area contributed by atoms with Gasteiger partial charge in [-0.1, -0.05) is 12.8 Å². The molecule has 0 unspecified atom stereocenters. The van der Waals surface area contributed by atoms with Crippen LogP contribution in [0, 0.1) is 12.8 Å². The van der Waals surface area contributed by atoms with Crippen LogP contribution in [0.4, 0.5) is 5.82 Å². The SMILES string of the molecule is Cc1ccc(NCCCC2CC2)nn1. The minimum atomic E-state index is 0.895. The fourth-order valence-corrected chi connectivity index (χ4v) is 1.51. The first-order valence-electron chi connectivity index (χ1n) is 5.39. The van der Waals surface area contributed by atoms with E-state index in [2.05, 4.69) is 15.5 Å². The first-order valence-corrected chi connectivity index (χ1v) is 5.39. The molecule has 1 aliphatic rings. The van der Waals surface area contributed by atoms with Crippen molar-refractivity contribution in [3.8, 4) is 0 Å². The van der Waals surface area contributed by atoms with Crippen LogP contribution in [0.25, 0.3) is 0 Å². The first kappa shape index (κ1) is 9.44. The Morgan fingerprint density at radius 2 is 2.21 bits per heavy atom. The maximum Gasteiger partial charge on any atom is 0.148 e. The number of nitrogens with zero attached hydrogens (tertiary/aromatic N) is 2. The van der Waals surface area contributed by atoms with Crippen molar-refractivity contribution in [1.29, 1.82) is 0 Å². The highest BCUT2D eigenvalue weighted by Gasteiger charge is 2.19. The molecule has 3 nitrogen and oxygen atoms in total. The summed E-state index contributed by atoms with van der Waals surface area (Å²) < 4.78 is 0. The molecule has 14 heavy (non-hydrogen) atoms. The van der Waals surface area contributed by atoms with E-state index in [0.717, 1.165) is 24.0 Å². The lowest BCUT2D eigenvalue weighted by Crippen LogP contribution is -2.04. The second-order valence-corrected chi connectivity index (χ2v) is 4.07. The topological polar surface area (TPSA) is 37.8 Å². The molecule has 1 N–H and O–H groups in total. The highest BCUT2D eigenvalue weighted by molar-refractivity contribution is 5.32. The van der Waals surface area contributed by atoms with Crippen molar-refractivity contribution in [1.82, 2.24) is 10.2 Å². The number of hydrogen-bond acceptors (Lipinski definition) is 3. The van der Waals surface area contributed by atoms with E-state index in [-0.39, 0.29) is 0 Å². The molecular formula is C11H17N3. The summed E-state index contributed by atoms with van der Waals surface area (Å²) in [5.74, 6) is 1.92. The Morgan fingerprint density at radius 1 is 1.36 bits per heavy atom. The van der Waals surface area contributed by atoms with Gasteiger partial charge in [-0.3, -0.25) is 0 Å². The van der Waals surface area contributed by atoms with E-state index >= 15 is 0 Å². The molecule has 0 aromatic carbocycles. The minimum absolute atomic E-state index is 0.895. The lowest BCUT2D eigenvalue weighted by Gasteiger charge is -2.03. The number of anilines is 1. The summed E-state index contributed by atoms with van der Waals surface area (Å²) in [5.41, 5.74) is 0.966. The van der Waals surface area contributed by atoms with Gasteiger partial charge in [-0.15, -0.1) is 5.10 Å². The van der Waals surface area contributed by atoms with E-state index in [1.54, 1.807) is 0 Å². The van der Waals surface area contributed by atoms with Crippen molar-refractivity contribution in [2.45, 2.75) is 32.6 Å². The smallest absolute Gasteiger partial charge is 0.148 e. The summed E-state index contributed by atoms with van der Waals surface area (Å²) in [6, 6.07) is 3.97. The number of rotatable bonds is 5. The molecule has 76 valence electrons. The molecule has 1 heterocycles. The van der Waals surface area contributed by atoms with Gasteiger partial charge in [0.05, 0.1) is 5.69 Å². The van der Waals surface area contributed by atoms with Crippen LogP contribution in [0.15, 0.2) is 12.1 Å². The largest absolute Gasteiger partial charge is 0.369 e. The van der Waals surface area contributed by atoms with Crippen molar-refractivity contribution in [2.75, 3.05) is 11.9 Å². The maximum absolute atomic E-state index is 4.05. The molecule has 0 saturated heterocycles. The fourth-order valence-electron chi connectivity index (χ4n) is 1.51. The third-order valence-electron chi connectivity index (χ3n) is 2.59. The first-order chi connectivity index (χ1) is 6.84. The van der Waals surface area contributed by atoms with E-state index in [9.17, 15) is 0 Å². The molecular weight excluding hydrogens is 174 g/mol. The summed E-state index contributed by atoms with van der Waals surface area (Å²) in [4.78, 5) is 0. The molecule has 1 saturated carbocycles. The molecule has 1 aliphatic carbocycles. The van der Waals surface area contributed by atoms with Crippen LogP contribution < -0.4 is 5.32 Å². The van der Waals surface area contributed by atoms with Crippen molar-refractivity contribution >= 4 is 5.82 Å². The van der Waals surface area contributed by atoms with Gasteiger partial charge in [-0.05, 0) is 37.8 Å². The predicted octanol–water partition coefficient (Wildman–Crippen LogP) is 2.39. The zero-order valence-corrected chi connectivity index (χ0v) is 8.66. The minimum Gasteiger partial charge on any atom is -0.369 e. The zero-order chi connectivity index (χ0) is 9.80. The standard InChI is InChI=1S/C11H17N3/c1-9-4-7-11(14-13-9)12-8-2-3-10-5-6-10/h4,7,10H,2-3,5-6,8H2,1H3,(H,12,14). The van der Waals surface area contributed by atoms with E-state index in [1.165, 1.54) is 25.7 Å². The molecule has 0 amide bonds.